The standard InChI is InChI=1S/C31H34N8O2/c1-39(2)13-5-10-27(40)35-23-11-12-26(32-17-23)30(41)36-21-7-4-8-22(15-21)37-31-34-16-20-14-19-6-3-9-25-28(19)24(18-33-25)29(20)38-31/h3,5-6,9-12,16-18,21-22,33H,4,7-8,13-15H2,1-2H3,(H,35,40)(H,36,41)(H,34,37,38)/b10-5+/t21-,22+/m0/s1. The second kappa shape index (κ2) is 11.5. The lowest BCUT2D eigenvalue weighted by molar-refractivity contribution is -0.111. The lowest BCUT2D eigenvalue weighted by Gasteiger charge is -2.30. The Bertz CT molecular complexity index is 1610. The monoisotopic (exact) mass is 550 g/mol. The van der Waals surface area contributed by atoms with Crippen molar-refractivity contribution in [3.63, 3.8) is 0 Å². The van der Waals surface area contributed by atoms with E-state index in [-0.39, 0.29) is 23.9 Å². The van der Waals surface area contributed by atoms with E-state index in [9.17, 15) is 9.59 Å². The number of aromatic nitrogens is 4. The average Bonchev–Trinajstić information content (AvgIpc) is 3.40. The van der Waals surface area contributed by atoms with E-state index in [1.807, 2.05) is 31.4 Å². The van der Waals surface area contributed by atoms with Gasteiger partial charge in [-0.1, -0.05) is 18.2 Å². The molecule has 0 radical (unpaired) electrons. The number of pyridine rings is 1. The van der Waals surface area contributed by atoms with Crippen LogP contribution < -0.4 is 16.0 Å². The van der Waals surface area contributed by atoms with Crippen molar-refractivity contribution < 1.29 is 9.59 Å². The first-order chi connectivity index (χ1) is 19.9. The molecule has 2 atom stereocenters. The molecule has 10 nitrogen and oxygen atoms in total. The minimum absolute atomic E-state index is 0.0190. The van der Waals surface area contributed by atoms with Crippen molar-refractivity contribution in [2.24, 2.45) is 0 Å². The van der Waals surface area contributed by atoms with Crippen molar-refractivity contribution in [1.29, 1.82) is 0 Å². The van der Waals surface area contributed by atoms with Crippen LogP contribution in [0.1, 0.15) is 47.3 Å². The molecule has 210 valence electrons. The van der Waals surface area contributed by atoms with Gasteiger partial charge in [0.25, 0.3) is 5.91 Å². The largest absolute Gasteiger partial charge is 0.360 e. The Morgan fingerprint density at radius 2 is 1.95 bits per heavy atom. The van der Waals surface area contributed by atoms with Crippen LogP contribution in [0.3, 0.4) is 0 Å². The summed E-state index contributed by atoms with van der Waals surface area (Å²) < 4.78 is 0. The fourth-order valence-corrected chi connectivity index (χ4v) is 5.69. The summed E-state index contributed by atoms with van der Waals surface area (Å²) in [5, 5.41) is 10.7. The summed E-state index contributed by atoms with van der Waals surface area (Å²) in [7, 11) is 3.87. The second-order valence-corrected chi connectivity index (χ2v) is 11.1. The van der Waals surface area contributed by atoms with Crippen LogP contribution in [0.5, 0.6) is 0 Å². The Morgan fingerprint density at radius 1 is 1.07 bits per heavy atom. The van der Waals surface area contributed by atoms with E-state index in [2.05, 4.69) is 49.1 Å². The highest BCUT2D eigenvalue weighted by Gasteiger charge is 2.26. The highest BCUT2D eigenvalue weighted by Crippen LogP contribution is 2.38. The summed E-state index contributed by atoms with van der Waals surface area (Å²) in [5.41, 5.74) is 6.50. The molecule has 2 aliphatic carbocycles. The molecule has 0 unspecified atom stereocenters. The van der Waals surface area contributed by atoms with E-state index in [4.69, 9.17) is 4.98 Å². The van der Waals surface area contributed by atoms with Gasteiger partial charge >= 0.3 is 0 Å². The van der Waals surface area contributed by atoms with Gasteiger partial charge in [0, 0.05) is 65.5 Å². The number of fused-ring (bicyclic) bond motifs is 2. The highest BCUT2D eigenvalue weighted by molar-refractivity contribution is 6.00. The maximum Gasteiger partial charge on any atom is 0.270 e. The van der Waals surface area contributed by atoms with E-state index >= 15 is 0 Å². The van der Waals surface area contributed by atoms with Gasteiger partial charge in [0.2, 0.25) is 11.9 Å². The van der Waals surface area contributed by atoms with Gasteiger partial charge in [-0.05, 0) is 63.5 Å². The minimum Gasteiger partial charge on any atom is -0.360 e. The molecule has 2 amide bonds. The third-order valence-corrected chi connectivity index (χ3v) is 7.64. The molecular formula is C31H34N8O2. The third-order valence-electron chi connectivity index (χ3n) is 7.64. The average molecular weight is 551 g/mol. The molecule has 3 aromatic heterocycles. The maximum atomic E-state index is 12.9. The second-order valence-electron chi connectivity index (χ2n) is 11.1. The van der Waals surface area contributed by atoms with Crippen LogP contribution in [0.4, 0.5) is 11.6 Å². The maximum absolute atomic E-state index is 12.9. The van der Waals surface area contributed by atoms with Gasteiger partial charge in [0.15, 0.2) is 0 Å². The molecule has 1 aromatic carbocycles. The number of H-pyrrole nitrogens is 1. The SMILES string of the molecule is CN(C)C/C=C/C(=O)Nc1ccc(C(=O)N[C@H]2CCC[C@@H](Nc3ncc4c(n3)-c3c[nH]c5cccc(c35)C4)C2)nc1. The van der Waals surface area contributed by atoms with E-state index in [1.165, 1.54) is 23.2 Å². The Balaban J connectivity index is 1.05. The summed E-state index contributed by atoms with van der Waals surface area (Å²) in [4.78, 5) is 44.1. The van der Waals surface area contributed by atoms with E-state index in [1.54, 1.807) is 18.2 Å². The smallest absolute Gasteiger partial charge is 0.270 e. The van der Waals surface area contributed by atoms with Crippen molar-refractivity contribution in [2.75, 3.05) is 31.3 Å². The zero-order valence-corrected chi connectivity index (χ0v) is 23.3. The zero-order valence-electron chi connectivity index (χ0n) is 23.3. The van der Waals surface area contributed by atoms with Gasteiger partial charge in [-0.25, -0.2) is 15.0 Å². The molecule has 0 saturated heterocycles. The van der Waals surface area contributed by atoms with E-state index in [0.29, 0.717) is 23.9 Å². The number of likely N-dealkylation sites (N-methyl/N-ethyl adjacent to an activating group) is 1. The molecule has 1 fully saturated rings. The van der Waals surface area contributed by atoms with Crippen molar-refractivity contribution in [3.05, 3.63) is 77.9 Å². The van der Waals surface area contributed by atoms with Crippen LogP contribution in [-0.2, 0) is 11.2 Å². The van der Waals surface area contributed by atoms with Crippen molar-refractivity contribution in [1.82, 2.24) is 30.2 Å². The molecule has 0 spiro atoms. The number of nitrogens with zero attached hydrogens (tertiary/aromatic N) is 4. The van der Waals surface area contributed by atoms with Crippen LogP contribution in [0.15, 0.2) is 61.1 Å². The fourth-order valence-electron chi connectivity index (χ4n) is 5.69. The number of carbonyl (C=O) groups is 2. The van der Waals surface area contributed by atoms with Crippen LogP contribution in [-0.4, -0.2) is 69.4 Å². The number of anilines is 2. The quantitative estimate of drug-likeness (QED) is 0.214. The number of hydrogen-bond acceptors (Lipinski definition) is 7. The van der Waals surface area contributed by atoms with Gasteiger partial charge in [-0.15, -0.1) is 0 Å². The highest BCUT2D eigenvalue weighted by atomic mass is 16.2. The van der Waals surface area contributed by atoms with Gasteiger partial charge < -0.3 is 25.8 Å². The lowest BCUT2D eigenvalue weighted by atomic mass is 9.90. The normalized spacial score (nSPS) is 17.9. The Labute approximate surface area is 238 Å². The van der Waals surface area contributed by atoms with Crippen molar-refractivity contribution in [3.8, 4) is 11.3 Å². The summed E-state index contributed by atoms with van der Waals surface area (Å²) in [6.45, 7) is 0.675. The third kappa shape index (κ3) is 5.97. The number of rotatable bonds is 8. The number of hydrogen-bond donors (Lipinski definition) is 4. The molecule has 4 aromatic rings. The van der Waals surface area contributed by atoms with Gasteiger partial charge in [-0.3, -0.25) is 9.59 Å². The molecular weight excluding hydrogens is 516 g/mol. The van der Waals surface area contributed by atoms with E-state index in [0.717, 1.165) is 54.4 Å². The molecule has 3 heterocycles. The topological polar surface area (TPSA) is 128 Å². The van der Waals surface area contributed by atoms with Gasteiger partial charge in [0.1, 0.15) is 5.69 Å². The summed E-state index contributed by atoms with van der Waals surface area (Å²) in [6, 6.07) is 9.83. The van der Waals surface area contributed by atoms with Crippen molar-refractivity contribution >= 4 is 34.4 Å². The Morgan fingerprint density at radius 3 is 2.78 bits per heavy atom. The van der Waals surface area contributed by atoms with Crippen molar-refractivity contribution in [2.45, 2.75) is 44.2 Å². The first-order valence-electron chi connectivity index (χ1n) is 14.0. The number of amides is 2. The fraction of sp³-hybridized carbons (Fsp3) is 0.323. The first-order valence-corrected chi connectivity index (χ1v) is 14.0. The predicted octanol–water partition coefficient (Wildman–Crippen LogP) is 4.13. The lowest BCUT2D eigenvalue weighted by Crippen LogP contribution is -2.42. The zero-order chi connectivity index (χ0) is 28.3. The van der Waals surface area contributed by atoms with Crippen LogP contribution in [0.25, 0.3) is 22.2 Å². The Hall–Kier alpha value is -4.57. The number of benzene rings is 1. The molecule has 0 aliphatic heterocycles. The number of aromatic amines is 1. The van der Waals surface area contributed by atoms with E-state index < -0.39 is 0 Å². The molecule has 0 bridgehead atoms. The van der Waals surface area contributed by atoms with Gasteiger partial charge in [0.05, 0.1) is 17.6 Å². The van der Waals surface area contributed by atoms with Crippen LogP contribution in [0, 0.1) is 0 Å². The Kier molecular flexibility index (Phi) is 7.47. The van der Waals surface area contributed by atoms with Crippen LogP contribution in [0.2, 0.25) is 0 Å². The molecule has 41 heavy (non-hydrogen) atoms. The van der Waals surface area contributed by atoms with Crippen LogP contribution >= 0.6 is 0 Å². The molecule has 2 aliphatic rings. The van der Waals surface area contributed by atoms with Gasteiger partial charge in [-0.2, -0.15) is 0 Å². The summed E-state index contributed by atoms with van der Waals surface area (Å²) in [5.74, 6) is 0.158. The molecule has 10 heteroatoms. The number of nitrogens with one attached hydrogen (secondary N) is 4. The molecule has 1 saturated carbocycles. The predicted molar refractivity (Wildman–Crippen MR) is 160 cm³/mol. The summed E-state index contributed by atoms with van der Waals surface area (Å²) in [6.07, 6.45) is 13.2. The minimum atomic E-state index is -0.235. The molecule has 6 rings (SSSR count). The number of carbonyl (C=O) groups excluding carboxylic acids is 2. The first kappa shape index (κ1) is 26.6. The summed E-state index contributed by atoms with van der Waals surface area (Å²) >= 11 is 0. The molecule has 4 N–H and O–H groups in total.